The lowest BCUT2D eigenvalue weighted by atomic mass is 10.1. The molecule has 2 N–H and O–H groups in total. The zero-order chi connectivity index (χ0) is 29.2. The average molecular weight is 571 g/mol. The molecular formula is C27H28F2N6O4S. The van der Waals surface area contributed by atoms with Gasteiger partial charge in [-0.1, -0.05) is 6.07 Å². The molecule has 40 heavy (non-hydrogen) atoms. The minimum atomic E-state index is -0.587. The summed E-state index contributed by atoms with van der Waals surface area (Å²) in [6, 6.07) is 13.4. The highest BCUT2D eigenvalue weighted by Gasteiger charge is 2.19. The average Bonchev–Trinajstić information content (AvgIpc) is 3.23. The van der Waals surface area contributed by atoms with Crippen LogP contribution in [0.25, 0.3) is 10.4 Å². The third-order valence-electron chi connectivity index (χ3n) is 5.63. The summed E-state index contributed by atoms with van der Waals surface area (Å²) < 4.78 is 32.6. The Kier molecular flexibility index (Phi) is 10.6. The number of nitro benzene ring substituents is 1. The summed E-state index contributed by atoms with van der Waals surface area (Å²) in [5.74, 6) is -0.353. The molecule has 0 bridgehead atoms. The van der Waals surface area contributed by atoms with Gasteiger partial charge in [0, 0.05) is 41.7 Å². The normalized spacial score (nSPS) is 10.5. The van der Waals surface area contributed by atoms with E-state index in [2.05, 4.69) is 20.8 Å². The molecule has 0 spiro atoms. The molecule has 0 aliphatic rings. The van der Waals surface area contributed by atoms with E-state index in [-0.39, 0.29) is 17.8 Å². The Labute approximate surface area is 233 Å². The van der Waals surface area contributed by atoms with E-state index >= 15 is 0 Å². The van der Waals surface area contributed by atoms with Gasteiger partial charge in [-0.2, -0.15) is 0 Å². The van der Waals surface area contributed by atoms with Crippen LogP contribution in [-0.4, -0.2) is 47.6 Å². The molecule has 2 aromatic heterocycles. The van der Waals surface area contributed by atoms with Gasteiger partial charge in [0.1, 0.15) is 11.6 Å². The maximum absolute atomic E-state index is 13.9. The van der Waals surface area contributed by atoms with Crippen LogP contribution in [-0.2, 0) is 17.9 Å². The quantitative estimate of drug-likeness (QED) is 0.143. The van der Waals surface area contributed by atoms with Crippen LogP contribution in [0, 0.1) is 28.7 Å². The molecule has 0 aliphatic heterocycles. The van der Waals surface area contributed by atoms with Crippen molar-refractivity contribution in [1.29, 1.82) is 0 Å². The molecule has 4 rings (SSSR count). The maximum atomic E-state index is 13.9. The largest absolute Gasteiger partial charge is 0.480 e. The molecule has 0 saturated carbocycles. The molecule has 1 amide bonds. The van der Waals surface area contributed by atoms with E-state index in [4.69, 9.17) is 4.74 Å². The van der Waals surface area contributed by atoms with Crippen LogP contribution in [0.5, 0.6) is 5.88 Å². The minimum absolute atomic E-state index is 0.00801. The predicted octanol–water partition coefficient (Wildman–Crippen LogP) is 5.64. The minimum Gasteiger partial charge on any atom is -0.480 e. The molecule has 2 aromatic carbocycles. The number of rotatable bonds is 10. The molecule has 0 radical (unpaired) electrons. The van der Waals surface area contributed by atoms with Gasteiger partial charge < -0.3 is 20.3 Å². The van der Waals surface area contributed by atoms with Crippen molar-refractivity contribution in [2.24, 2.45) is 0 Å². The number of non-ortho nitro benzene ring substituents is 1. The fourth-order valence-electron chi connectivity index (χ4n) is 3.63. The van der Waals surface area contributed by atoms with Crippen LogP contribution in [0.4, 0.5) is 25.3 Å². The van der Waals surface area contributed by atoms with Gasteiger partial charge >= 0.3 is 0 Å². The smallest absolute Gasteiger partial charge is 0.269 e. The maximum Gasteiger partial charge on any atom is 0.269 e. The highest BCUT2D eigenvalue weighted by molar-refractivity contribution is 7.19. The van der Waals surface area contributed by atoms with E-state index < -0.39 is 16.6 Å². The standard InChI is InChI=1S/C21H21F2N3O2S.C6H7N3O2/c1-13-17(12-25(2)3)20(14-7-9-15(10-8-14)26(27)28)29-21(13)24-11-16-18(22)5-4-6-19(16)23;1-11-6-3-2-5(7-4-10)8-9-6/h4-10,24H,11-12H2,1-3H3;2-4H,1H3,(H,7,8,10). The van der Waals surface area contributed by atoms with E-state index in [9.17, 15) is 23.7 Å². The molecule has 2 heterocycles. The number of nitro groups is 1. The highest BCUT2D eigenvalue weighted by atomic mass is 32.1. The number of hydrogen-bond donors (Lipinski definition) is 2. The van der Waals surface area contributed by atoms with E-state index in [1.165, 1.54) is 48.8 Å². The first-order chi connectivity index (χ1) is 19.1. The topological polar surface area (TPSA) is 123 Å². The Balaban J connectivity index is 0.000000336. The number of nitrogens with one attached hydrogen (secondary N) is 2. The zero-order valence-corrected chi connectivity index (χ0v) is 23.1. The Morgan fingerprint density at radius 1 is 1.05 bits per heavy atom. The van der Waals surface area contributed by atoms with Gasteiger partial charge in [-0.05, 0) is 68.0 Å². The number of carbonyl (C=O) groups excluding carboxylic acids is 1. The number of carbonyl (C=O) groups is 1. The number of benzene rings is 2. The second-order valence-corrected chi connectivity index (χ2v) is 9.70. The van der Waals surface area contributed by atoms with Crippen LogP contribution in [0.1, 0.15) is 16.7 Å². The lowest BCUT2D eigenvalue weighted by Gasteiger charge is -2.12. The molecular weight excluding hydrogens is 542 g/mol. The first-order valence-electron chi connectivity index (χ1n) is 11.9. The Bertz CT molecular complexity index is 1430. The molecule has 0 aliphatic carbocycles. The summed E-state index contributed by atoms with van der Waals surface area (Å²) in [5, 5.41) is 24.5. The van der Waals surface area contributed by atoms with Gasteiger partial charge in [0.2, 0.25) is 12.3 Å². The van der Waals surface area contributed by atoms with Crippen LogP contribution in [0.3, 0.4) is 0 Å². The summed E-state index contributed by atoms with van der Waals surface area (Å²) >= 11 is 1.47. The molecule has 0 fully saturated rings. The van der Waals surface area contributed by atoms with Crippen molar-refractivity contribution in [3.8, 4) is 16.3 Å². The number of anilines is 2. The number of ether oxygens (including phenoxy) is 1. The number of hydrogen-bond acceptors (Lipinski definition) is 9. The van der Waals surface area contributed by atoms with Crippen molar-refractivity contribution in [3.05, 3.63) is 93.0 Å². The van der Waals surface area contributed by atoms with Gasteiger partial charge in [-0.25, -0.2) is 8.78 Å². The third-order valence-corrected chi connectivity index (χ3v) is 6.97. The van der Waals surface area contributed by atoms with E-state index in [0.717, 1.165) is 26.6 Å². The predicted molar refractivity (Wildman–Crippen MR) is 150 cm³/mol. The van der Waals surface area contributed by atoms with Crippen molar-refractivity contribution in [2.45, 2.75) is 20.0 Å². The molecule has 0 saturated heterocycles. The van der Waals surface area contributed by atoms with Crippen molar-refractivity contribution in [2.75, 3.05) is 31.8 Å². The number of nitrogens with zero attached hydrogens (tertiary/aromatic N) is 4. The first kappa shape index (κ1) is 30.1. The van der Waals surface area contributed by atoms with Crippen molar-refractivity contribution in [1.82, 2.24) is 15.1 Å². The fourth-order valence-corrected chi connectivity index (χ4v) is 4.85. The van der Waals surface area contributed by atoms with Crippen molar-refractivity contribution in [3.63, 3.8) is 0 Å². The summed E-state index contributed by atoms with van der Waals surface area (Å²) in [5.41, 5.74) is 2.96. The molecule has 210 valence electrons. The highest BCUT2D eigenvalue weighted by Crippen LogP contribution is 2.41. The van der Waals surface area contributed by atoms with Gasteiger partial charge in [0.15, 0.2) is 5.82 Å². The van der Waals surface area contributed by atoms with E-state index in [1.54, 1.807) is 24.3 Å². The Morgan fingerprint density at radius 2 is 1.73 bits per heavy atom. The Morgan fingerprint density at radius 3 is 2.25 bits per heavy atom. The molecule has 4 aromatic rings. The van der Waals surface area contributed by atoms with Crippen molar-refractivity contribution < 1.29 is 23.2 Å². The van der Waals surface area contributed by atoms with Gasteiger partial charge in [-0.3, -0.25) is 14.9 Å². The fraction of sp³-hybridized carbons (Fsp3) is 0.222. The summed E-state index contributed by atoms with van der Waals surface area (Å²) in [7, 11) is 5.41. The summed E-state index contributed by atoms with van der Waals surface area (Å²) in [6.07, 6.45) is 0.538. The SMILES string of the molecule is COc1ccc(NC=O)nn1.Cc1c(NCc2c(F)cccc2F)sc(-c2ccc([N+](=O)[O-])cc2)c1CN(C)C. The molecule has 0 unspecified atom stereocenters. The van der Waals surface area contributed by atoms with Crippen LogP contribution < -0.4 is 15.4 Å². The second kappa shape index (κ2) is 14.1. The number of amides is 1. The van der Waals surface area contributed by atoms with Gasteiger partial charge in [-0.15, -0.1) is 21.5 Å². The number of halogens is 2. The third kappa shape index (κ3) is 7.77. The molecule has 13 heteroatoms. The molecule has 0 atom stereocenters. The van der Waals surface area contributed by atoms with Crippen molar-refractivity contribution >= 4 is 34.3 Å². The zero-order valence-electron chi connectivity index (χ0n) is 22.3. The Hall–Kier alpha value is -4.49. The second-order valence-electron chi connectivity index (χ2n) is 8.68. The van der Waals surface area contributed by atoms with E-state index in [0.29, 0.717) is 24.7 Å². The molecule has 10 nitrogen and oxygen atoms in total. The number of thiophene rings is 1. The van der Waals surface area contributed by atoms with Crippen LogP contribution >= 0.6 is 11.3 Å². The first-order valence-corrected chi connectivity index (χ1v) is 12.7. The lowest BCUT2D eigenvalue weighted by Crippen LogP contribution is -2.11. The van der Waals surface area contributed by atoms with Crippen LogP contribution in [0.15, 0.2) is 54.6 Å². The number of aromatic nitrogens is 2. The number of methoxy groups -OCH3 is 1. The van der Waals surface area contributed by atoms with E-state index in [1.807, 2.05) is 25.9 Å². The summed E-state index contributed by atoms with van der Waals surface area (Å²) in [4.78, 5) is 23.4. The van der Waals surface area contributed by atoms with Gasteiger partial charge in [0.05, 0.1) is 17.0 Å². The lowest BCUT2D eigenvalue weighted by molar-refractivity contribution is -0.384. The summed E-state index contributed by atoms with van der Waals surface area (Å²) in [6.45, 7) is 2.66. The van der Waals surface area contributed by atoms with Gasteiger partial charge in [0.25, 0.3) is 5.69 Å². The van der Waals surface area contributed by atoms with Crippen LogP contribution in [0.2, 0.25) is 0 Å². The monoisotopic (exact) mass is 570 g/mol.